The smallest absolute Gasteiger partial charge is 0.365 e. The monoisotopic (exact) mass is 525 g/mol. The quantitative estimate of drug-likeness (QED) is 0.157. The minimum Gasteiger partial charge on any atom is -0.438 e. The Morgan fingerprint density at radius 2 is 1.75 bits per heavy atom. The molecule has 3 rings (SSSR count). The third-order valence-corrected chi connectivity index (χ3v) is 6.32. The molecule has 3 atom stereocenters. The van der Waals surface area contributed by atoms with E-state index >= 15 is 0 Å². The van der Waals surface area contributed by atoms with Gasteiger partial charge in [0.15, 0.2) is 6.04 Å². The van der Waals surface area contributed by atoms with Crippen molar-refractivity contribution in [2.75, 3.05) is 19.6 Å². The van der Waals surface area contributed by atoms with Crippen LogP contribution in [0.15, 0.2) is 30.3 Å². The van der Waals surface area contributed by atoms with Crippen molar-refractivity contribution in [3.05, 3.63) is 35.9 Å². The summed E-state index contributed by atoms with van der Waals surface area (Å²) in [5.41, 5.74) is 0.219. The Balaban J connectivity index is 1.82. The summed E-state index contributed by atoms with van der Waals surface area (Å²) < 4.78 is 36.8. The summed E-state index contributed by atoms with van der Waals surface area (Å²) in [6, 6.07) is 3.40. The van der Waals surface area contributed by atoms with E-state index in [4.69, 9.17) is 4.74 Å². The number of nitrogens with zero attached hydrogens (tertiary/aromatic N) is 3. The molecule has 0 aliphatic carbocycles. The molecular formula is C20H23N5O10S. The number of esters is 1. The van der Waals surface area contributed by atoms with E-state index in [9.17, 15) is 41.7 Å². The molecule has 0 bridgehead atoms. The normalized spacial score (nSPS) is 21.0. The highest BCUT2D eigenvalue weighted by atomic mass is 32.2. The zero-order valence-electron chi connectivity index (χ0n) is 19.1. The van der Waals surface area contributed by atoms with Crippen molar-refractivity contribution in [3.63, 3.8) is 0 Å². The first-order chi connectivity index (χ1) is 16.9. The van der Waals surface area contributed by atoms with Crippen LogP contribution in [0.5, 0.6) is 0 Å². The number of piperazine rings is 1. The maximum Gasteiger partial charge on any atom is 0.365 e. The molecule has 1 unspecified atom stereocenters. The number of imide groups is 1. The number of carbonyl (C=O) groups excluding carboxylic acids is 6. The van der Waals surface area contributed by atoms with E-state index in [1.807, 2.05) is 0 Å². The van der Waals surface area contributed by atoms with Crippen LogP contribution in [0.1, 0.15) is 25.5 Å². The maximum atomic E-state index is 13.1. The molecule has 2 fully saturated rings. The summed E-state index contributed by atoms with van der Waals surface area (Å²) in [7, 11) is -5.10. The predicted molar refractivity (Wildman–Crippen MR) is 118 cm³/mol. The van der Waals surface area contributed by atoms with Gasteiger partial charge in [0.25, 0.3) is 5.91 Å². The number of hydrogen-bond donors (Lipinski definition) is 3. The van der Waals surface area contributed by atoms with Gasteiger partial charge in [0.1, 0.15) is 6.04 Å². The number of ether oxygens (including phenoxy) is 1. The molecule has 0 aromatic heterocycles. The topological polar surface area (TPSA) is 200 Å². The lowest BCUT2D eigenvalue weighted by atomic mass is 10.0. The number of nitrogens with one attached hydrogen (secondary N) is 2. The lowest BCUT2D eigenvalue weighted by Crippen LogP contribution is -2.73. The second-order valence-electron chi connectivity index (χ2n) is 7.73. The van der Waals surface area contributed by atoms with Crippen molar-refractivity contribution in [1.29, 1.82) is 0 Å². The Kier molecular flexibility index (Phi) is 7.59. The van der Waals surface area contributed by atoms with E-state index in [1.54, 1.807) is 25.1 Å². The fourth-order valence-corrected chi connectivity index (χ4v) is 4.42. The number of hydrogen-bond acceptors (Lipinski definition) is 9. The van der Waals surface area contributed by atoms with Crippen LogP contribution in [0.25, 0.3) is 0 Å². The third-order valence-electron chi connectivity index (χ3n) is 5.43. The van der Waals surface area contributed by atoms with Gasteiger partial charge in [-0.05, 0) is 12.5 Å². The minimum atomic E-state index is -5.10. The van der Waals surface area contributed by atoms with Crippen LogP contribution in [-0.2, 0) is 39.0 Å². The molecule has 2 saturated heterocycles. The second-order valence-corrected chi connectivity index (χ2v) is 9.02. The number of rotatable bonds is 7. The summed E-state index contributed by atoms with van der Waals surface area (Å²) in [5.74, 6) is -5.27. The molecule has 2 aliphatic rings. The molecule has 6 amide bonds. The van der Waals surface area contributed by atoms with Crippen molar-refractivity contribution in [1.82, 2.24) is 24.7 Å². The Labute approximate surface area is 205 Å². The van der Waals surface area contributed by atoms with Gasteiger partial charge in [0.05, 0.1) is 0 Å². The van der Waals surface area contributed by atoms with Gasteiger partial charge in [-0.2, -0.15) is 12.7 Å². The zero-order chi connectivity index (χ0) is 26.8. The van der Waals surface area contributed by atoms with Crippen LogP contribution in [0.3, 0.4) is 0 Å². The summed E-state index contributed by atoms with van der Waals surface area (Å²) in [6.45, 7) is 2.85. The van der Waals surface area contributed by atoms with Crippen LogP contribution in [-0.4, -0.2) is 94.6 Å². The van der Waals surface area contributed by atoms with Crippen molar-refractivity contribution >= 4 is 45.9 Å². The Bertz CT molecular complexity index is 1200. The molecule has 3 N–H and O–H groups in total. The van der Waals surface area contributed by atoms with Crippen LogP contribution in [0, 0.1) is 0 Å². The lowest BCUT2D eigenvalue weighted by Gasteiger charge is -2.43. The molecule has 0 spiro atoms. The molecule has 2 aliphatic heterocycles. The van der Waals surface area contributed by atoms with Crippen LogP contribution >= 0.6 is 0 Å². The number of benzene rings is 1. The molecule has 0 saturated carbocycles. The Hall–Kier alpha value is -4.05. The standard InChI is InChI=1S/C20H23N5O10S/c1-3-23-9-10-24(18(30)17(23)29)20(31)22-13(12-7-5-4-6-8-12)15(27)21-14-16(28)25(36(32,33)34)19(14)35-11(2)26/h4-8,13-14,19H,3,9-10H2,1-2H3,(H,21,27)(H,22,31)(H,32,33,34)/t13?,14-,19+/m1/s1. The van der Waals surface area contributed by atoms with E-state index in [0.717, 1.165) is 6.92 Å². The van der Waals surface area contributed by atoms with Gasteiger partial charge in [0.2, 0.25) is 12.1 Å². The fraction of sp³-hybridized carbons (Fsp3) is 0.400. The average Bonchev–Trinajstić information content (AvgIpc) is 2.81. The van der Waals surface area contributed by atoms with E-state index in [2.05, 4.69) is 10.6 Å². The Morgan fingerprint density at radius 3 is 2.31 bits per heavy atom. The van der Waals surface area contributed by atoms with Crippen molar-refractivity contribution in [2.24, 2.45) is 0 Å². The van der Waals surface area contributed by atoms with Crippen molar-refractivity contribution in [3.8, 4) is 0 Å². The van der Waals surface area contributed by atoms with E-state index in [-0.39, 0.29) is 29.5 Å². The third kappa shape index (κ3) is 5.28. The highest BCUT2D eigenvalue weighted by Gasteiger charge is 2.57. The number of likely N-dealkylation sites (N-methyl/N-ethyl adjacent to an activating group) is 1. The van der Waals surface area contributed by atoms with Gasteiger partial charge in [-0.25, -0.2) is 4.79 Å². The first-order valence-corrected chi connectivity index (χ1v) is 12.0. The zero-order valence-corrected chi connectivity index (χ0v) is 19.9. The molecular weight excluding hydrogens is 502 g/mol. The van der Waals surface area contributed by atoms with E-state index in [0.29, 0.717) is 4.90 Å². The number of urea groups is 1. The second kappa shape index (κ2) is 10.3. The highest BCUT2D eigenvalue weighted by Crippen LogP contribution is 2.26. The average molecular weight is 525 g/mol. The van der Waals surface area contributed by atoms with Crippen molar-refractivity contribution < 1.29 is 46.5 Å². The van der Waals surface area contributed by atoms with Gasteiger partial charge in [0, 0.05) is 26.6 Å². The van der Waals surface area contributed by atoms with E-state index < -0.39 is 64.2 Å². The molecule has 1 aromatic rings. The molecule has 15 nitrogen and oxygen atoms in total. The first-order valence-electron chi connectivity index (χ1n) is 10.6. The number of amides is 6. The molecule has 36 heavy (non-hydrogen) atoms. The van der Waals surface area contributed by atoms with Crippen LogP contribution in [0.4, 0.5) is 4.79 Å². The predicted octanol–water partition coefficient (Wildman–Crippen LogP) is -1.85. The summed E-state index contributed by atoms with van der Waals surface area (Å²) in [6.07, 6.45) is -1.86. The fourth-order valence-electron chi connectivity index (χ4n) is 3.66. The number of β-lactam (4-membered cyclic amide) rings is 1. The summed E-state index contributed by atoms with van der Waals surface area (Å²) >= 11 is 0. The SMILES string of the molecule is CCN1CCN(C(=O)NC(C(=O)N[C@@H]2C(=O)N(S(=O)(=O)O)[C@H]2OC(C)=O)c2ccccc2)C(=O)C1=O. The molecule has 1 aromatic carbocycles. The highest BCUT2D eigenvalue weighted by molar-refractivity contribution is 7.84. The first kappa shape index (κ1) is 26.6. The maximum absolute atomic E-state index is 13.1. The molecule has 194 valence electrons. The molecule has 2 heterocycles. The lowest BCUT2D eigenvalue weighted by molar-refractivity contribution is -0.179. The van der Waals surface area contributed by atoms with Crippen molar-refractivity contribution in [2.45, 2.75) is 32.2 Å². The van der Waals surface area contributed by atoms with Crippen LogP contribution in [0.2, 0.25) is 0 Å². The molecule has 16 heteroatoms. The largest absolute Gasteiger partial charge is 0.438 e. The van der Waals surface area contributed by atoms with Crippen LogP contribution < -0.4 is 10.6 Å². The number of carbonyl (C=O) groups is 6. The van der Waals surface area contributed by atoms with Gasteiger partial charge in [-0.3, -0.25) is 33.4 Å². The molecule has 0 radical (unpaired) electrons. The summed E-state index contributed by atoms with van der Waals surface area (Å²) in [5, 5.41) is 4.53. The summed E-state index contributed by atoms with van der Waals surface area (Å²) in [4.78, 5) is 76.0. The van der Waals surface area contributed by atoms with E-state index in [1.165, 1.54) is 17.0 Å². The minimum absolute atomic E-state index is 0.100. The van der Waals surface area contributed by atoms with Gasteiger partial charge < -0.3 is 20.3 Å². The van der Waals surface area contributed by atoms with Gasteiger partial charge in [-0.1, -0.05) is 30.3 Å². The Morgan fingerprint density at radius 1 is 1.11 bits per heavy atom. The van der Waals surface area contributed by atoms with Gasteiger partial charge in [-0.15, -0.1) is 0 Å². The van der Waals surface area contributed by atoms with Gasteiger partial charge >= 0.3 is 34.1 Å².